The first-order valence-electron chi connectivity index (χ1n) is 7.33. The van der Waals surface area contributed by atoms with Crippen LogP contribution in [0.5, 0.6) is 0 Å². The predicted octanol–water partition coefficient (Wildman–Crippen LogP) is 2.35. The summed E-state index contributed by atoms with van der Waals surface area (Å²) in [6, 6.07) is 5.47. The maximum Gasteiger partial charge on any atom is 0.243 e. The number of benzene rings is 1. The van der Waals surface area contributed by atoms with Crippen LogP contribution in [0.4, 0.5) is 0 Å². The molecule has 1 fully saturated rings. The standard InChI is InChI=1S/C15H20BrNO3S/c1-11-10-20-14(8-16)9-17(11)21(18,19)15-6-5-12-3-2-4-13(12)7-15/h5-7,11,14H,2-4,8-10H2,1H3. The molecule has 3 rings (SSSR count). The maximum atomic E-state index is 12.9. The SMILES string of the molecule is CC1COC(CBr)CN1S(=O)(=O)c1ccc2c(c1)CCC2. The topological polar surface area (TPSA) is 46.6 Å². The third-order valence-corrected chi connectivity index (χ3v) is 7.00. The Hall–Kier alpha value is -0.430. The Kier molecular flexibility index (Phi) is 4.41. The van der Waals surface area contributed by atoms with Crippen molar-refractivity contribution in [1.29, 1.82) is 0 Å². The molecule has 1 aliphatic heterocycles. The van der Waals surface area contributed by atoms with E-state index in [1.807, 2.05) is 19.1 Å². The summed E-state index contributed by atoms with van der Waals surface area (Å²) in [6.07, 6.45) is 3.10. The van der Waals surface area contributed by atoms with Crippen LogP contribution in [0.3, 0.4) is 0 Å². The van der Waals surface area contributed by atoms with E-state index in [0.717, 1.165) is 19.3 Å². The Morgan fingerprint density at radius 2 is 2.10 bits per heavy atom. The van der Waals surface area contributed by atoms with E-state index in [0.29, 0.717) is 23.4 Å². The van der Waals surface area contributed by atoms with Crippen molar-refractivity contribution in [3.05, 3.63) is 29.3 Å². The molecule has 4 nitrogen and oxygen atoms in total. The Balaban J connectivity index is 1.92. The summed E-state index contributed by atoms with van der Waals surface area (Å²) >= 11 is 3.38. The van der Waals surface area contributed by atoms with Crippen molar-refractivity contribution in [2.24, 2.45) is 0 Å². The molecule has 1 saturated heterocycles. The van der Waals surface area contributed by atoms with Gasteiger partial charge in [-0.05, 0) is 49.4 Å². The van der Waals surface area contributed by atoms with E-state index in [1.165, 1.54) is 11.1 Å². The van der Waals surface area contributed by atoms with E-state index >= 15 is 0 Å². The van der Waals surface area contributed by atoms with Crippen molar-refractivity contribution >= 4 is 26.0 Å². The number of morpholine rings is 1. The summed E-state index contributed by atoms with van der Waals surface area (Å²) in [6.45, 7) is 2.75. The second-order valence-corrected chi connectivity index (χ2v) is 8.36. The highest BCUT2D eigenvalue weighted by molar-refractivity contribution is 9.09. The van der Waals surface area contributed by atoms with Crippen LogP contribution in [0.2, 0.25) is 0 Å². The van der Waals surface area contributed by atoms with Gasteiger partial charge in [-0.15, -0.1) is 0 Å². The molecule has 0 spiro atoms. The number of nitrogens with zero attached hydrogens (tertiary/aromatic N) is 1. The van der Waals surface area contributed by atoms with Crippen molar-refractivity contribution in [2.75, 3.05) is 18.5 Å². The van der Waals surface area contributed by atoms with Crippen LogP contribution < -0.4 is 0 Å². The van der Waals surface area contributed by atoms with Crippen LogP contribution in [0, 0.1) is 0 Å². The molecule has 0 saturated carbocycles. The smallest absolute Gasteiger partial charge is 0.243 e. The minimum Gasteiger partial charge on any atom is -0.374 e. The van der Waals surface area contributed by atoms with Crippen LogP contribution in [0.25, 0.3) is 0 Å². The van der Waals surface area contributed by atoms with Gasteiger partial charge in [-0.2, -0.15) is 4.31 Å². The average molecular weight is 374 g/mol. The fourth-order valence-corrected chi connectivity index (χ4v) is 5.16. The van der Waals surface area contributed by atoms with Gasteiger partial charge in [0.15, 0.2) is 0 Å². The molecule has 2 unspecified atom stereocenters. The minimum absolute atomic E-state index is 0.0783. The maximum absolute atomic E-state index is 12.9. The second-order valence-electron chi connectivity index (χ2n) is 5.82. The monoisotopic (exact) mass is 373 g/mol. The number of hydrogen-bond acceptors (Lipinski definition) is 3. The molecule has 0 amide bonds. The molecule has 1 aromatic rings. The number of ether oxygens (including phenoxy) is 1. The molecule has 0 N–H and O–H groups in total. The summed E-state index contributed by atoms with van der Waals surface area (Å²) in [7, 11) is -3.44. The van der Waals surface area contributed by atoms with Gasteiger partial charge in [0.25, 0.3) is 0 Å². The molecule has 116 valence electrons. The number of alkyl halides is 1. The van der Waals surface area contributed by atoms with Crippen LogP contribution >= 0.6 is 15.9 Å². The van der Waals surface area contributed by atoms with Crippen LogP contribution in [0.1, 0.15) is 24.5 Å². The molecule has 1 aliphatic carbocycles. The van der Waals surface area contributed by atoms with Crippen LogP contribution in [-0.4, -0.2) is 43.4 Å². The lowest BCUT2D eigenvalue weighted by Crippen LogP contribution is -2.51. The van der Waals surface area contributed by atoms with Crippen molar-refractivity contribution in [3.8, 4) is 0 Å². The zero-order chi connectivity index (χ0) is 15.0. The van der Waals surface area contributed by atoms with Gasteiger partial charge in [0.1, 0.15) is 0 Å². The highest BCUT2D eigenvalue weighted by Crippen LogP contribution is 2.28. The predicted molar refractivity (Wildman–Crippen MR) is 85.4 cm³/mol. The van der Waals surface area contributed by atoms with Gasteiger partial charge < -0.3 is 4.74 Å². The third-order valence-electron chi connectivity index (χ3n) is 4.30. The summed E-state index contributed by atoms with van der Waals surface area (Å²) < 4.78 is 33.0. The van der Waals surface area contributed by atoms with Crippen molar-refractivity contribution < 1.29 is 13.2 Å². The first kappa shape index (κ1) is 15.5. The highest BCUT2D eigenvalue weighted by atomic mass is 79.9. The minimum atomic E-state index is -3.44. The molecule has 1 heterocycles. The van der Waals surface area contributed by atoms with Gasteiger partial charge >= 0.3 is 0 Å². The van der Waals surface area contributed by atoms with Gasteiger partial charge in [-0.1, -0.05) is 22.0 Å². The number of halogens is 1. The molecule has 0 aromatic heterocycles. The van der Waals surface area contributed by atoms with E-state index in [-0.39, 0.29) is 12.1 Å². The molecular formula is C15H20BrNO3S. The van der Waals surface area contributed by atoms with E-state index in [1.54, 1.807) is 10.4 Å². The lowest BCUT2D eigenvalue weighted by Gasteiger charge is -2.36. The second kappa shape index (κ2) is 5.99. The Labute approximate surface area is 134 Å². The number of fused-ring (bicyclic) bond motifs is 1. The molecule has 21 heavy (non-hydrogen) atoms. The van der Waals surface area contributed by atoms with Crippen LogP contribution in [0.15, 0.2) is 23.1 Å². The van der Waals surface area contributed by atoms with E-state index in [2.05, 4.69) is 15.9 Å². The van der Waals surface area contributed by atoms with Crippen molar-refractivity contribution in [1.82, 2.24) is 4.31 Å². The van der Waals surface area contributed by atoms with Gasteiger partial charge in [0.05, 0.1) is 17.6 Å². The molecular weight excluding hydrogens is 354 g/mol. The molecule has 1 aromatic carbocycles. The fraction of sp³-hybridized carbons (Fsp3) is 0.600. The largest absolute Gasteiger partial charge is 0.374 e. The molecule has 6 heteroatoms. The summed E-state index contributed by atoms with van der Waals surface area (Å²) in [5.74, 6) is 0. The van der Waals surface area contributed by atoms with Crippen LogP contribution in [-0.2, 0) is 27.6 Å². The summed E-state index contributed by atoms with van der Waals surface area (Å²) in [5, 5.41) is 0.649. The normalized spacial score (nSPS) is 26.8. The van der Waals surface area contributed by atoms with Gasteiger partial charge in [0, 0.05) is 17.9 Å². The zero-order valence-corrected chi connectivity index (χ0v) is 14.5. The summed E-state index contributed by atoms with van der Waals surface area (Å²) in [5.41, 5.74) is 2.48. The lowest BCUT2D eigenvalue weighted by atomic mass is 10.1. The Morgan fingerprint density at radius 3 is 2.86 bits per heavy atom. The molecule has 2 atom stereocenters. The van der Waals surface area contributed by atoms with E-state index in [9.17, 15) is 8.42 Å². The Morgan fingerprint density at radius 1 is 1.33 bits per heavy atom. The molecule has 0 radical (unpaired) electrons. The number of aryl methyl sites for hydroxylation is 2. The third kappa shape index (κ3) is 2.91. The average Bonchev–Trinajstić information content (AvgIpc) is 2.95. The highest BCUT2D eigenvalue weighted by Gasteiger charge is 2.35. The fourth-order valence-electron chi connectivity index (χ4n) is 3.06. The molecule has 0 bridgehead atoms. The number of sulfonamides is 1. The van der Waals surface area contributed by atoms with Gasteiger partial charge in [-0.25, -0.2) is 8.42 Å². The van der Waals surface area contributed by atoms with Gasteiger partial charge in [-0.3, -0.25) is 0 Å². The quantitative estimate of drug-likeness (QED) is 0.764. The van der Waals surface area contributed by atoms with E-state index < -0.39 is 10.0 Å². The lowest BCUT2D eigenvalue weighted by molar-refractivity contribution is -0.0139. The van der Waals surface area contributed by atoms with Gasteiger partial charge in [0.2, 0.25) is 10.0 Å². The van der Waals surface area contributed by atoms with Crippen molar-refractivity contribution in [2.45, 2.75) is 43.2 Å². The van der Waals surface area contributed by atoms with Crippen molar-refractivity contribution in [3.63, 3.8) is 0 Å². The summed E-state index contributed by atoms with van der Waals surface area (Å²) in [4.78, 5) is 0.422. The number of rotatable bonds is 3. The zero-order valence-electron chi connectivity index (χ0n) is 12.1. The van der Waals surface area contributed by atoms with E-state index in [4.69, 9.17) is 4.74 Å². The first-order chi connectivity index (χ1) is 10.0. The Bertz CT molecular complexity index is 632. The molecule has 2 aliphatic rings. The first-order valence-corrected chi connectivity index (χ1v) is 9.89. The number of hydrogen-bond donors (Lipinski definition) is 0.